The van der Waals surface area contributed by atoms with Crippen molar-refractivity contribution in [1.29, 1.82) is 0 Å². The van der Waals surface area contributed by atoms with Gasteiger partial charge in [-0.3, -0.25) is 14.8 Å². The van der Waals surface area contributed by atoms with Gasteiger partial charge in [-0.1, -0.05) is 0 Å². The summed E-state index contributed by atoms with van der Waals surface area (Å²) in [4.78, 5) is 32.9. The largest absolute Gasteiger partial charge is 0.444 e. The maximum Gasteiger partial charge on any atom is 0.408 e. The van der Waals surface area contributed by atoms with E-state index in [0.717, 1.165) is 10.9 Å². The summed E-state index contributed by atoms with van der Waals surface area (Å²) in [5, 5.41) is 16.8. The quantitative estimate of drug-likeness (QED) is 0.502. The van der Waals surface area contributed by atoms with E-state index in [9.17, 15) is 19.7 Å². The summed E-state index contributed by atoms with van der Waals surface area (Å²) in [5.74, 6) is 0. The zero-order valence-corrected chi connectivity index (χ0v) is 11.6. The van der Waals surface area contributed by atoms with Gasteiger partial charge >= 0.3 is 11.8 Å². The fourth-order valence-electron chi connectivity index (χ4n) is 1.54. The van der Waals surface area contributed by atoms with Crippen molar-refractivity contribution in [3.05, 3.63) is 22.0 Å². The summed E-state index contributed by atoms with van der Waals surface area (Å²) < 4.78 is 6.16. The fraction of sp³-hybridized carbons (Fsp3) is 0.545. The average Bonchev–Trinajstić information content (AvgIpc) is 2.65. The minimum Gasteiger partial charge on any atom is -0.444 e. The van der Waals surface area contributed by atoms with Crippen molar-refractivity contribution >= 4 is 18.1 Å². The second-order valence-corrected chi connectivity index (χ2v) is 5.06. The standard InChI is InChI=1S/C11H16N4O5/c1-11(2,3)20-10(17)13-7(6-16)9-8(15(18)19)5-12-14(9)4/h5-7H,1-4H3,(H,13,17). The van der Waals surface area contributed by atoms with E-state index in [1.165, 1.54) is 7.05 Å². The molecule has 0 aromatic carbocycles. The Kier molecular flexibility index (Phi) is 4.43. The molecule has 1 atom stereocenters. The Morgan fingerprint density at radius 3 is 2.65 bits per heavy atom. The van der Waals surface area contributed by atoms with Crippen molar-refractivity contribution in [2.24, 2.45) is 7.05 Å². The molecule has 0 bridgehead atoms. The van der Waals surface area contributed by atoms with Gasteiger partial charge in [0, 0.05) is 7.05 Å². The Morgan fingerprint density at radius 2 is 2.20 bits per heavy atom. The molecule has 1 heterocycles. The number of aldehydes is 1. The SMILES string of the molecule is Cn1ncc([N+](=O)[O-])c1C(C=O)NC(=O)OC(C)(C)C. The Bertz CT molecular complexity index is 531. The molecule has 1 unspecified atom stereocenters. The van der Waals surface area contributed by atoms with Crippen molar-refractivity contribution in [1.82, 2.24) is 15.1 Å². The van der Waals surface area contributed by atoms with E-state index in [-0.39, 0.29) is 11.4 Å². The van der Waals surface area contributed by atoms with Crippen LogP contribution in [0.3, 0.4) is 0 Å². The second-order valence-electron chi connectivity index (χ2n) is 5.06. The first-order valence-corrected chi connectivity index (χ1v) is 5.77. The van der Waals surface area contributed by atoms with Gasteiger partial charge in [-0.05, 0) is 20.8 Å². The number of hydrogen-bond acceptors (Lipinski definition) is 6. The van der Waals surface area contributed by atoms with Crippen LogP contribution in [0.1, 0.15) is 32.5 Å². The maximum absolute atomic E-state index is 11.6. The monoisotopic (exact) mass is 284 g/mol. The molecular formula is C11H16N4O5. The van der Waals surface area contributed by atoms with Gasteiger partial charge in [-0.15, -0.1) is 0 Å². The zero-order valence-electron chi connectivity index (χ0n) is 11.6. The molecule has 1 N–H and O–H groups in total. The molecule has 0 fully saturated rings. The van der Waals surface area contributed by atoms with Gasteiger partial charge in [0.2, 0.25) is 0 Å². The zero-order chi connectivity index (χ0) is 15.5. The van der Waals surface area contributed by atoms with Crippen LogP contribution in [0.2, 0.25) is 0 Å². The Labute approximate surface area is 115 Å². The van der Waals surface area contributed by atoms with Crippen LogP contribution in [-0.4, -0.2) is 32.7 Å². The molecule has 0 aliphatic carbocycles. The van der Waals surface area contributed by atoms with Crippen molar-refractivity contribution < 1.29 is 19.2 Å². The molecule has 9 heteroatoms. The minimum atomic E-state index is -1.21. The lowest BCUT2D eigenvalue weighted by Gasteiger charge is -2.21. The number of amides is 1. The maximum atomic E-state index is 11.6. The molecule has 20 heavy (non-hydrogen) atoms. The fourth-order valence-corrected chi connectivity index (χ4v) is 1.54. The second kappa shape index (κ2) is 5.68. The number of nitrogens with zero attached hydrogens (tertiary/aromatic N) is 3. The van der Waals surface area contributed by atoms with E-state index in [4.69, 9.17) is 4.74 Å². The van der Waals surface area contributed by atoms with E-state index < -0.39 is 22.7 Å². The number of nitrogens with one attached hydrogen (secondary N) is 1. The Morgan fingerprint density at radius 1 is 1.60 bits per heavy atom. The molecule has 110 valence electrons. The van der Waals surface area contributed by atoms with E-state index in [2.05, 4.69) is 10.4 Å². The van der Waals surface area contributed by atoms with Gasteiger partial charge in [-0.25, -0.2) is 4.79 Å². The lowest BCUT2D eigenvalue weighted by Crippen LogP contribution is -2.36. The van der Waals surface area contributed by atoms with Crippen molar-refractivity contribution in [2.45, 2.75) is 32.4 Å². The summed E-state index contributed by atoms with van der Waals surface area (Å²) in [5.41, 5.74) is -1.10. The lowest BCUT2D eigenvalue weighted by molar-refractivity contribution is -0.385. The van der Waals surface area contributed by atoms with Crippen LogP contribution in [0.25, 0.3) is 0 Å². The normalized spacial score (nSPS) is 12.6. The Balaban J connectivity index is 2.98. The van der Waals surface area contributed by atoms with Crippen molar-refractivity contribution in [2.75, 3.05) is 0 Å². The van der Waals surface area contributed by atoms with E-state index in [1.807, 2.05) is 0 Å². The van der Waals surface area contributed by atoms with Crippen LogP contribution < -0.4 is 5.32 Å². The minimum absolute atomic E-state index is 0.0177. The molecule has 1 aromatic rings. The number of nitro groups is 1. The highest BCUT2D eigenvalue weighted by Crippen LogP contribution is 2.23. The molecule has 9 nitrogen and oxygen atoms in total. The van der Waals surface area contributed by atoms with Crippen LogP contribution in [0.15, 0.2) is 6.20 Å². The molecule has 0 spiro atoms. The highest BCUT2D eigenvalue weighted by molar-refractivity contribution is 5.75. The van der Waals surface area contributed by atoms with Crippen LogP contribution in [-0.2, 0) is 16.6 Å². The molecule has 1 rings (SSSR count). The summed E-state index contributed by atoms with van der Waals surface area (Å²) in [6, 6.07) is -1.21. The molecule has 0 radical (unpaired) electrons. The lowest BCUT2D eigenvalue weighted by atomic mass is 10.2. The third kappa shape index (κ3) is 3.77. The van der Waals surface area contributed by atoms with E-state index in [0.29, 0.717) is 6.29 Å². The number of carbonyl (C=O) groups is 2. The third-order valence-corrected chi connectivity index (χ3v) is 2.26. The van der Waals surface area contributed by atoms with Crippen LogP contribution >= 0.6 is 0 Å². The number of rotatable bonds is 4. The molecule has 0 aliphatic heterocycles. The highest BCUT2D eigenvalue weighted by atomic mass is 16.6. The average molecular weight is 284 g/mol. The number of hydrogen-bond donors (Lipinski definition) is 1. The van der Waals surface area contributed by atoms with Crippen LogP contribution in [0, 0.1) is 10.1 Å². The first-order chi connectivity index (χ1) is 9.15. The number of carbonyl (C=O) groups excluding carboxylic acids is 2. The van der Waals surface area contributed by atoms with Gasteiger partial charge in [0.25, 0.3) is 0 Å². The molecule has 0 saturated heterocycles. The van der Waals surface area contributed by atoms with Crippen molar-refractivity contribution in [3.63, 3.8) is 0 Å². The molecule has 0 aliphatic rings. The molecule has 0 saturated carbocycles. The smallest absolute Gasteiger partial charge is 0.408 e. The summed E-state index contributed by atoms with van der Waals surface area (Å²) in [7, 11) is 1.44. The molecule has 1 aromatic heterocycles. The topological polar surface area (TPSA) is 116 Å². The Hall–Kier alpha value is -2.45. The van der Waals surface area contributed by atoms with Gasteiger partial charge < -0.3 is 14.8 Å². The number of aromatic nitrogens is 2. The summed E-state index contributed by atoms with van der Waals surface area (Å²) >= 11 is 0. The van der Waals surface area contributed by atoms with Crippen LogP contribution in [0.5, 0.6) is 0 Å². The number of aryl methyl sites for hydroxylation is 1. The van der Waals surface area contributed by atoms with Gasteiger partial charge in [0.15, 0.2) is 0 Å². The first kappa shape index (κ1) is 15.6. The molecule has 1 amide bonds. The molecular weight excluding hydrogens is 268 g/mol. The first-order valence-electron chi connectivity index (χ1n) is 5.77. The van der Waals surface area contributed by atoms with Gasteiger partial charge in [-0.2, -0.15) is 5.10 Å². The van der Waals surface area contributed by atoms with Crippen molar-refractivity contribution in [3.8, 4) is 0 Å². The summed E-state index contributed by atoms with van der Waals surface area (Å²) in [6.07, 6.45) is 0.557. The predicted octanol–water partition coefficient (Wildman–Crippen LogP) is 1.09. The predicted molar refractivity (Wildman–Crippen MR) is 68.0 cm³/mol. The third-order valence-electron chi connectivity index (χ3n) is 2.26. The summed E-state index contributed by atoms with van der Waals surface area (Å²) in [6.45, 7) is 4.99. The van der Waals surface area contributed by atoms with E-state index in [1.54, 1.807) is 20.8 Å². The van der Waals surface area contributed by atoms with Gasteiger partial charge in [0.05, 0.1) is 4.92 Å². The number of ether oxygens (including phenoxy) is 1. The van der Waals surface area contributed by atoms with Gasteiger partial charge in [0.1, 0.15) is 29.8 Å². The highest BCUT2D eigenvalue weighted by Gasteiger charge is 2.29. The van der Waals surface area contributed by atoms with E-state index >= 15 is 0 Å². The number of alkyl carbamates (subject to hydrolysis) is 1. The van der Waals surface area contributed by atoms with Crippen LogP contribution in [0.4, 0.5) is 10.5 Å².